The zero-order valence-electron chi connectivity index (χ0n) is 10.8. The first-order chi connectivity index (χ1) is 9.12. The summed E-state index contributed by atoms with van der Waals surface area (Å²) in [5, 5.41) is 0.577. The van der Waals surface area contributed by atoms with Gasteiger partial charge >= 0.3 is 11.9 Å². The number of aromatic nitrogens is 1. The van der Waals surface area contributed by atoms with Crippen LogP contribution in [0.25, 0.3) is 10.9 Å². The van der Waals surface area contributed by atoms with Gasteiger partial charge in [-0.3, -0.25) is 0 Å². The molecule has 0 saturated carbocycles. The molecule has 0 amide bonds. The minimum atomic E-state index is -0.629. The number of H-pyrrole nitrogens is 1. The third kappa shape index (κ3) is 2.12. The van der Waals surface area contributed by atoms with E-state index in [1.807, 2.05) is 0 Å². The molecule has 1 N–H and O–H groups in total. The average Bonchev–Trinajstić information content (AvgIpc) is 2.83. The van der Waals surface area contributed by atoms with Gasteiger partial charge in [-0.25, -0.2) is 9.59 Å². The number of methoxy groups -OCH3 is 3. The first-order valence-corrected chi connectivity index (χ1v) is 5.48. The van der Waals surface area contributed by atoms with Crippen LogP contribution in [0, 0.1) is 0 Å². The summed E-state index contributed by atoms with van der Waals surface area (Å²) in [6.07, 6.45) is 0. The second kappa shape index (κ2) is 5.01. The van der Waals surface area contributed by atoms with Crippen molar-refractivity contribution in [2.75, 3.05) is 21.3 Å². The molecule has 2 aromatic rings. The third-order valence-electron chi connectivity index (χ3n) is 2.78. The minimum Gasteiger partial charge on any atom is -0.497 e. The molecular formula is C13H13NO5. The van der Waals surface area contributed by atoms with Gasteiger partial charge in [0, 0.05) is 11.5 Å². The number of esters is 2. The van der Waals surface area contributed by atoms with Crippen molar-refractivity contribution >= 4 is 22.8 Å². The number of fused-ring (bicyclic) bond motifs is 1. The maximum atomic E-state index is 11.8. The first kappa shape index (κ1) is 12.9. The number of aromatic amines is 1. The number of carbonyl (C=O) groups is 2. The van der Waals surface area contributed by atoms with Crippen molar-refractivity contribution < 1.29 is 23.8 Å². The fourth-order valence-electron chi connectivity index (χ4n) is 1.87. The second-order valence-corrected chi connectivity index (χ2v) is 3.77. The quantitative estimate of drug-likeness (QED) is 0.853. The van der Waals surface area contributed by atoms with Crippen LogP contribution < -0.4 is 4.74 Å². The molecular weight excluding hydrogens is 250 g/mol. The summed E-state index contributed by atoms with van der Waals surface area (Å²) >= 11 is 0. The number of ether oxygens (including phenoxy) is 3. The van der Waals surface area contributed by atoms with Gasteiger partial charge in [0.15, 0.2) is 0 Å². The minimum absolute atomic E-state index is 0.0672. The summed E-state index contributed by atoms with van der Waals surface area (Å²) in [7, 11) is 4.04. The van der Waals surface area contributed by atoms with Crippen molar-refractivity contribution in [1.82, 2.24) is 4.98 Å². The SMILES string of the molecule is COC(=O)c1[nH]c2cc(OC)ccc2c1C(=O)OC. The van der Waals surface area contributed by atoms with Gasteiger partial charge in [-0.15, -0.1) is 0 Å². The van der Waals surface area contributed by atoms with Crippen LogP contribution in [0.3, 0.4) is 0 Å². The van der Waals surface area contributed by atoms with Crippen LogP contribution in [0.15, 0.2) is 18.2 Å². The highest BCUT2D eigenvalue weighted by atomic mass is 16.5. The van der Waals surface area contributed by atoms with E-state index < -0.39 is 11.9 Å². The first-order valence-electron chi connectivity index (χ1n) is 5.48. The number of benzene rings is 1. The Morgan fingerprint density at radius 1 is 1.05 bits per heavy atom. The van der Waals surface area contributed by atoms with Gasteiger partial charge in [-0.1, -0.05) is 0 Å². The number of nitrogens with one attached hydrogen (secondary N) is 1. The van der Waals surface area contributed by atoms with Crippen LogP contribution >= 0.6 is 0 Å². The lowest BCUT2D eigenvalue weighted by molar-refractivity contribution is 0.0553. The summed E-state index contributed by atoms with van der Waals surface area (Å²) in [6.45, 7) is 0. The number of hydrogen-bond acceptors (Lipinski definition) is 5. The molecule has 0 spiro atoms. The fourth-order valence-corrected chi connectivity index (χ4v) is 1.87. The van der Waals surface area contributed by atoms with E-state index in [1.54, 1.807) is 18.2 Å². The lowest BCUT2D eigenvalue weighted by atomic mass is 10.1. The van der Waals surface area contributed by atoms with Gasteiger partial charge in [-0.05, 0) is 12.1 Å². The fraction of sp³-hybridized carbons (Fsp3) is 0.231. The van der Waals surface area contributed by atoms with Crippen molar-refractivity contribution in [1.29, 1.82) is 0 Å². The number of hydrogen-bond donors (Lipinski definition) is 1. The van der Waals surface area contributed by atoms with Crippen LogP contribution in [0.4, 0.5) is 0 Å². The van der Waals surface area contributed by atoms with Gasteiger partial charge in [0.1, 0.15) is 11.4 Å². The van der Waals surface area contributed by atoms with Crippen molar-refractivity contribution in [3.63, 3.8) is 0 Å². The molecule has 0 fully saturated rings. The van der Waals surface area contributed by atoms with E-state index in [4.69, 9.17) is 9.47 Å². The van der Waals surface area contributed by atoms with E-state index in [0.717, 1.165) is 0 Å². The molecule has 0 saturated heterocycles. The second-order valence-electron chi connectivity index (χ2n) is 3.77. The highest BCUT2D eigenvalue weighted by Crippen LogP contribution is 2.27. The highest BCUT2D eigenvalue weighted by Gasteiger charge is 2.24. The van der Waals surface area contributed by atoms with E-state index in [-0.39, 0.29) is 11.3 Å². The Hall–Kier alpha value is -2.50. The maximum Gasteiger partial charge on any atom is 0.355 e. The van der Waals surface area contributed by atoms with Gasteiger partial charge in [0.2, 0.25) is 0 Å². The van der Waals surface area contributed by atoms with E-state index in [9.17, 15) is 9.59 Å². The molecule has 6 nitrogen and oxygen atoms in total. The van der Waals surface area contributed by atoms with Crippen molar-refractivity contribution in [3.05, 3.63) is 29.5 Å². The maximum absolute atomic E-state index is 11.8. The lowest BCUT2D eigenvalue weighted by Gasteiger charge is -2.01. The largest absolute Gasteiger partial charge is 0.497 e. The normalized spacial score (nSPS) is 10.3. The molecule has 0 aliphatic heterocycles. The third-order valence-corrected chi connectivity index (χ3v) is 2.78. The molecule has 0 aliphatic carbocycles. The van der Waals surface area contributed by atoms with Gasteiger partial charge < -0.3 is 19.2 Å². The van der Waals surface area contributed by atoms with Crippen LogP contribution in [-0.4, -0.2) is 38.3 Å². The molecule has 0 unspecified atom stereocenters. The Morgan fingerprint density at radius 2 is 1.74 bits per heavy atom. The predicted molar refractivity (Wildman–Crippen MR) is 67.5 cm³/mol. The van der Waals surface area contributed by atoms with Crippen molar-refractivity contribution in [3.8, 4) is 5.75 Å². The number of carbonyl (C=O) groups excluding carboxylic acids is 2. The molecule has 0 bridgehead atoms. The molecule has 0 aliphatic rings. The number of rotatable bonds is 3. The van der Waals surface area contributed by atoms with E-state index >= 15 is 0 Å². The molecule has 1 aromatic heterocycles. The zero-order valence-corrected chi connectivity index (χ0v) is 10.8. The summed E-state index contributed by atoms with van der Waals surface area (Å²) in [5.41, 5.74) is 0.824. The van der Waals surface area contributed by atoms with Crippen LogP contribution in [0.1, 0.15) is 20.8 Å². The Labute approximate surface area is 109 Å². The predicted octanol–water partition coefficient (Wildman–Crippen LogP) is 1.75. The summed E-state index contributed by atoms with van der Waals surface area (Å²) in [6, 6.07) is 5.07. The van der Waals surface area contributed by atoms with Crippen molar-refractivity contribution in [2.24, 2.45) is 0 Å². The summed E-state index contributed by atoms with van der Waals surface area (Å²) < 4.78 is 14.4. The Bertz CT molecular complexity index is 644. The van der Waals surface area contributed by atoms with E-state index in [0.29, 0.717) is 16.7 Å². The smallest absolute Gasteiger partial charge is 0.355 e. The van der Waals surface area contributed by atoms with E-state index in [2.05, 4.69) is 9.72 Å². The summed E-state index contributed by atoms with van der Waals surface area (Å²) in [4.78, 5) is 26.3. The average molecular weight is 263 g/mol. The van der Waals surface area contributed by atoms with Crippen molar-refractivity contribution in [2.45, 2.75) is 0 Å². The van der Waals surface area contributed by atoms with E-state index in [1.165, 1.54) is 21.3 Å². The highest BCUT2D eigenvalue weighted by molar-refractivity contribution is 6.12. The Balaban J connectivity index is 2.72. The molecule has 100 valence electrons. The van der Waals surface area contributed by atoms with Crippen LogP contribution in [0.5, 0.6) is 5.75 Å². The molecule has 0 radical (unpaired) electrons. The molecule has 19 heavy (non-hydrogen) atoms. The van der Waals surface area contributed by atoms with Crippen LogP contribution in [-0.2, 0) is 9.47 Å². The topological polar surface area (TPSA) is 77.6 Å². The molecule has 0 atom stereocenters. The lowest BCUT2D eigenvalue weighted by Crippen LogP contribution is -2.10. The molecule has 1 heterocycles. The Morgan fingerprint density at radius 3 is 2.32 bits per heavy atom. The Kier molecular flexibility index (Phi) is 3.41. The standard InChI is InChI=1S/C13H13NO5/c1-17-7-4-5-8-9(6-7)14-11(13(16)19-3)10(8)12(15)18-2/h4-6,14H,1-3H3. The molecule has 1 aromatic carbocycles. The summed E-state index contributed by atoms with van der Waals surface area (Å²) in [5.74, 6) is -0.617. The van der Waals surface area contributed by atoms with Gasteiger partial charge in [0.25, 0.3) is 0 Å². The zero-order chi connectivity index (χ0) is 14.0. The molecule has 6 heteroatoms. The van der Waals surface area contributed by atoms with Gasteiger partial charge in [-0.2, -0.15) is 0 Å². The molecule has 2 rings (SSSR count). The monoisotopic (exact) mass is 263 g/mol. The van der Waals surface area contributed by atoms with Crippen LogP contribution in [0.2, 0.25) is 0 Å². The van der Waals surface area contributed by atoms with Gasteiger partial charge in [0.05, 0.1) is 32.4 Å².